The van der Waals surface area contributed by atoms with Gasteiger partial charge in [-0.1, -0.05) is 30.6 Å². The minimum atomic E-state index is 0.343. The summed E-state index contributed by atoms with van der Waals surface area (Å²) in [6.45, 7) is 0. The van der Waals surface area contributed by atoms with E-state index in [4.69, 9.17) is 10.00 Å². The summed E-state index contributed by atoms with van der Waals surface area (Å²) >= 11 is 1.66. The van der Waals surface area contributed by atoms with Crippen LogP contribution in [0.5, 0.6) is 11.5 Å². The van der Waals surface area contributed by atoms with Crippen LogP contribution >= 0.6 is 11.3 Å². The number of aromatic nitrogens is 2. The Morgan fingerprint density at radius 3 is 2.80 bits per heavy atom. The third kappa shape index (κ3) is 3.72. The number of rotatable bonds is 4. The molecule has 0 aliphatic heterocycles. The van der Waals surface area contributed by atoms with E-state index in [-0.39, 0.29) is 0 Å². The highest BCUT2D eigenvalue weighted by Crippen LogP contribution is 2.32. The second-order valence-electron chi connectivity index (χ2n) is 6.22. The maximum atomic E-state index is 8.93. The smallest absolute Gasteiger partial charge is 0.184 e. The van der Waals surface area contributed by atoms with Gasteiger partial charge in [-0.2, -0.15) is 5.26 Å². The maximum Gasteiger partial charge on any atom is 0.184 e. The number of nitriles is 1. The lowest BCUT2D eigenvalue weighted by molar-refractivity contribution is 0.462. The SMILES string of the molecule is N#Cc1cc(Oc2ccc3nc(NC4CCCCC4)sc3c2)ccn1. The van der Waals surface area contributed by atoms with E-state index in [1.165, 1.54) is 32.1 Å². The van der Waals surface area contributed by atoms with Crippen molar-refractivity contribution >= 4 is 26.7 Å². The molecule has 0 radical (unpaired) electrons. The molecule has 4 rings (SSSR count). The third-order valence-corrected chi connectivity index (χ3v) is 5.32. The van der Waals surface area contributed by atoms with E-state index in [9.17, 15) is 0 Å². The summed E-state index contributed by atoms with van der Waals surface area (Å²) in [6, 6.07) is 11.8. The Labute approximate surface area is 150 Å². The Bertz CT molecular complexity index is 925. The van der Waals surface area contributed by atoms with E-state index in [1.807, 2.05) is 24.3 Å². The fraction of sp³-hybridized carbons (Fsp3) is 0.316. The Morgan fingerprint density at radius 1 is 1.12 bits per heavy atom. The first-order valence-electron chi connectivity index (χ1n) is 8.51. The average molecular weight is 350 g/mol. The lowest BCUT2D eigenvalue weighted by atomic mass is 9.96. The Hall–Kier alpha value is -2.65. The number of thiazole rings is 1. The van der Waals surface area contributed by atoms with E-state index in [0.29, 0.717) is 17.5 Å². The molecule has 6 heteroatoms. The summed E-state index contributed by atoms with van der Waals surface area (Å²) in [5.41, 5.74) is 1.32. The maximum absolute atomic E-state index is 8.93. The molecule has 0 amide bonds. The van der Waals surface area contributed by atoms with Crippen LogP contribution in [-0.4, -0.2) is 16.0 Å². The molecule has 2 aromatic heterocycles. The topological polar surface area (TPSA) is 70.8 Å². The number of ether oxygens (including phenoxy) is 1. The number of hydrogen-bond acceptors (Lipinski definition) is 6. The summed E-state index contributed by atoms with van der Waals surface area (Å²) < 4.78 is 6.94. The molecule has 5 nitrogen and oxygen atoms in total. The van der Waals surface area contributed by atoms with Gasteiger partial charge >= 0.3 is 0 Å². The summed E-state index contributed by atoms with van der Waals surface area (Å²) in [6.07, 6.45) is 7.99. The predicted molar refractivity (Wildman–Crippen MR) is 99.1 cm³/mol. The van der Waals surface area contributed by atoms with Gasteiger partial charge in [-0.15, -0.1) is 0 Å². The molecule has 0 bridgehead atoms. The van der Waals surface area contributed by atoms with Crippen molar-refractivity contribution in [1.82, 2.24) is 9.97 Å². The Morgan fingerprint density at radius 2 is 1.96 bits per heavy atom. The monoisotopic (exact) mass is 350 g/mol. The van der Waals surface area contributed by atoms with Crippen LogP contribution in [0.25, 0.3) is 10.2 Å². The summed E-state index contributed by atoms with van der Waals surface area (Å²) in [5.74, 6) is 1.34. The van der Waals surface area contributed by atoms with Gasteiger partial charge in [0.1, 0.15) is 23.3 Å². The largest absolute Gasteiger partial charge is 0.457 e. The molecule has 2 heterocycles. The fourth-order valence-corrected chi connectivity index (χ4v) is 4.09. The zero-order valence-electron chi connectivity index (χ0n) is 13.7. The third-order valence-electron chi connectivity index (χ3n) is 4.37. The molecule has 0 spiro atoms. The highest BCUT2D eigenvalue weighted by Gasteiger charge is 2.15. The van der Waals surface area contributed by atoms with E-state index >= 15 is 0 Å². The molecule has 1 aromatic carbocycles. The van der Waals surface area contributed by atoms with E-state index < -0.39 is 0 Å². The van der Waals surface area contributed by atoms with Crippen LogP contribution in [0.15, 0.2) is 36.5 Å². The van der Waals surface area contributed by atoms with Gasteiger partial charge in [-0.3, -0.25) is 0 Å². The van der Waals surface area contributed by atoms with Crippen LogP contribution in [-0.2, 0) is 0 Å². The van der Waals surface area contributed by atoms with E-state index in [1.54, 1.807) is 29.7 Å². The number of anilines is 1. The molecule has 25 heavy (non-hydrogen) atoms. The van der Waals surface area contributed by atoms with Gasteiger partial charge in [0.25, 0.3) is 0 Å². The first-order chi connectivity index (χ1) is 12.3. The predicted octanol–water partition coefficient (Wildman–Crippen LogP) is 5.10. The first-order valence-corrected chi connectivity index (χ1v) is 9.33. The lowest BCUT2D eigenvalue weighted by Gasteiger charge is -2.22. The highest BCUT2D eigenvalue weighted by atomic mass is 32.1. The number of pyridine rings is 1. The molecule has 0 unspecified atom stereocenters. The van der Waals surface area contributed by atoms with Crippen molar-refractivity contribution in [2.45, 2.75) is 38.1 Å². The van der Waals surface area contributed by atoms with E-state index in [2.05, 4.69) is 15.3 Å². The van der Waals surface area contributed by atoms with Gasteiger partial charge in [0.2, 0.25) is 0 Å². The van der Waals surface area contributed by atoms with Crippen LogP contribution in [0, 0.1) is 11.3 Å². The van der Waals surface area contributed by atoms with Gasteiger partial charge in [-0.05, 0) is 31.0 Å². The number of nitrogens with one attached hydrogen (secondary N) is 1. The molecule has 0 saturated heterocycles. The zero-order valence-corrected chi connectivity index (χ0v) is 14.6. The molecule has 126 valence electrons. The normalized spacial score (nSPS) is 15.0. The minimum Gasteiger partial charge on any atom is -0.457 e. The molecular weight excluding hydrogens is 332 g/mol. The number of hydrogen-bond donors (Lipinski definition) is 1. The Kier molecular flexibility index (Phi) is 4.49. The van der Waals surface area contributed by atoms with Crippen LogP contribution in [0.2, 0.25) is 0 Å². The molecule has 0 atom stereocenters. The van der Waals surface area contributed by atoms with Gasteiger partial charge < -0.3 is 10.1 Å². The average Bonchev–Trinajstić information content (AvgIpc) is 3.04. The minimum absolute atomic E-state index is 0.343. The van der Waals surface area contributed by atoms with Crippen LogP contribution in [0.1, 0.15) is 37.8 Å². The summed E-state index contributed by atoms with van der Waals surface area (Å²) in [7, 11) is 0. The second-order valence-corrected chi connectivity index (χ2v) is 7.25. The number of nitrogens with zero attached hydrogens (tertiary/aromatic N) is 3. The number of benzene rings is 1. The van der Waals surface area contributed by atoms with Crippen molar-refractivity contribution in [2.75, 3.05) is 5.32 Å². The van der Waals surface area contributed by atoms with Gasteiger partial charge in [-0.25, -0.2) is 9.97 Å². The molecule has 1 aliphatic carbocycles. The van der Waals surface area contributed by atoms with Crippen LogP contribution in [0.4, 0.5) is 5.13 Å². The van der Waals surface area contributed by atoms with Crippen molar-refractivity contribution in [3.8, 4) is 17.6 Å². The van der Waals surface area contributed by atoms with Crippen molar-refractivity contribution in [3.63, 3.8) is 0 Å². The highest BCUT2D eigenvalue weighted by molar-refractivity contribution is 7.22. The fourth-order valence-electron chi connectivity index (χ4n) is 3.12. The zero-order chi connectivity index (χ0) is 17.1. The van der Waals surface area contributed by atoms with Crippen molar-refractivity contribution in [1.29, 1.82) is 5.26 Å². The van der Waals surface area contributed by atoms with Gasteiger partial charge in [0.15, 0.2) is 5.13 Å². The molecule has 1 aliphatic rings. The Balaban J connectivity index is 1.52. The lowest BCUT2D eigenvalue weighted by Crippen LogP contribution is -2.21. The molecule has 1 N–H and O–H groups in total. The van der Waals surface area contributed by atoms with E-state index in [0.717, 1.165) is 21.1 Å². The van der Waals surface area contributed by atoms with Crippen molar-refractivity contribution in [3.05, 3.63) is 42.2 Å². The molecule has 1 saturated carbocycles. The summed E-state index contributed by atoms with van der Waals surface area (Å²) in [5, 5.41) is 13.5. The van der Waals surface area contributed by atoms with Crippen molar-refractivity contribution in [2.24, 2.45) is 0 Å². The molecule has 1 fully saturated rings. The van der Waals surface area contributed by atoms with Gasteiger partial charge in [0, 0.05) is 24.4 Å². The quantitative estimate of drug-likeness (QED) is 0.709. The van der Waals surface area contributed by atoms with Gasteiger partial charge in [0.05, 0.1) is 10.2 Å². The first kappa shape index (κ1) is 15.9. The van der Waals surface area contributed by atoms with Crippen LogP contribution in [0.3, 0.4) is 0 Å². The standard InChI is InChI=1S/C19H18N4OS/c20-12-14-10-16(8-9-21-14)24-15-6-7-17-18(11-15)25-19(23-17)22-13-4-2-1-3-5-13/h6-11,13H,1-5H2,(H,22,23). The second kappa shape index (κ2) is 7.08. The summed E-state index contributed by atoms with van der Waals surface area (Å²) in [4.78, 5) is 8.63. The molecular formula is C19H18N4OS. The number of fused-ring (bicyclic) bond motifs is 1. The van der Waals surface area contributed by atoms with Crippen molar-refractivity contribution < 1.29 is 4.74 Å². The van der Waals surface area contributed by atoms with Crippen LogP contribution < -0.4 is 10.1 Å². The molecule has 3 aromatic rings.